The summed E-state index contributed by atoms with van der Waals surface area (Å²) in [7, 11) is 3.29. The fraction of sp³-hybridized carbons (Fsp3) is 0.333. The van der Waals surface area contributed by atoms with Crippen LogP contribution in [-0.4, -0.2) is 14.2 Å². The van der Waals surface area contributed by atoms with E-state index in [1.165, 1.54) is 5.56 Å². The van der Waals surface area contributed by atoms with Crippen LogP contribution < -0.4 is 9.47 Å². The maximum absolute atomic E-state index is 5.22. The molecule has 0 bridgehead atoms. The number of halogens is 1. The Labute approximate surface area is 99.2 Å². The first-order valence-corrected chi connectivity index (χ1v) is 4.65. The molecule has 0 radical (unpaired) electrons. The summed E-state index contributed by atoms with van der Waals surface area (Å²) < 4.78 is 11.5. The van der Waals surface area contributed by atoms with Gasteiger partial charge in [-0.3, -0.25) is 0 Å². The van der Waals surface area contributed by atoms with Crippen LogP contribution in [0.25, 0.3) is 0 Å². The van der Waals surface area contributed by atoms with E-state index in [2.05, 4.69) is 22.6 Å². The van der Waals surface area contributed by atoms with E-state index in [0.29, 0.717) is 0 Å². The van der Waals surface area contributed by atoms with Crippen molar-refractivity contribution < 1.29 is 9.47 Å². The van der Waals surface area contributed by atoms with Crippen LogP contribution in [-0.2, 0) is 0 Å². The van der Waals surface area contributed by atoms with E-state index in [0.717, 1.165) is 15.1 Å². The molecule has 13 heavy (non-hydrogen) atoms. The SMILES string of the molecule is COc1ccc(C)c(I)c1OC.S. The van der Waals surface area contributed by atoms with Crippen LogP contribution in [0.2, 0.25) is 0 Å². The Hall–Kier alpha value is -0.100. The second-order valence-corrected chi connectivity index (χ2v) is 3.51. The molecule has 0 amide bonds. The van der Waals surface area contributed by atoms with E-state index in [-0.39, 0.29) is 13.5 Å². The Bertz CT molecular complexity index is 289. The summed E-state index contributed by atoms with van der Waals surface area (Å²) in [6.07, 6.45) is 0. The highest BCUT2D eigenvalue weighted by atomic mass is 127. The molecule has 74 valence electrons. The van der Waals surface area contributed by atoms with Gasteiger partial charge in [0.05, 0.1) is 17.8 Å². The van der Waals surface area contributed by atoms with Crippen molar-refractivity contribution in [2.45, 2.75) is 6.92 Å². The van der Waals surface area contributed by atoms with Gasteiger partial charge in [-0.15, -0.1) is 0 Å². The standard InChI is InChI=1S/C9H11IO2.H2S/c1-6-4-5-7(11-2)9(12-3)8(6)10;/h4-5H,1-3H3;1H2. The number of methoxy groups -OCH3 is 2. The lowest BCUT2D eigenvalue weighted by Crippen LogP contribution is -1.94. The number of hydrogen-bond acceptors (Lipinski definition) is 2. The highest BCUT2D eigenvalue weighted by Crippen LogP contribution is 2.33. The quantitative estimate of drug-likeness (QED) is 0.782. The number of hydrogen-bond donors (Lipinski definition) is 0. The summed E-state index contributed by atoms with van der Waals surface area (Å²) in [6, 6.07) is 3.93. The lowest BCUT2D eigenvalue weighted by atomic mass is 10.2. The average Bonchev–Trinajstić information content (AvgIpc) is 2.09. The first kappa shape index (κ1) is 12.9. The Morgan fingerprint density at radius 2 is 1.77 bits per heavy atom. The van der Waals surface area contributed by atoms with Gasteiger partial charge < -0.3 is 9.47 Å². The van der Waals surface area contributed by atoms with Crippen molar-refractivity contribution in [2.75, 3.05) is 14.2 Å². The molecule has 0 spiro atoms. The van der Waals surface area contributed by atoms with Gasteiger partial charge in [-0.1, -0.05) is 6.07 Å². The molecule has 0 saturated heterocycles. The van der Waals surface area contributed by atoms with Crippen molar-refractivity contribution >= 4 is 36.1 Å². The minimum atomic E-state index is 0. The summed E-state index contributed by atoms with van der Waals surface area (Å²) in [4.78, 5) is 0. The van der Waals surface area contributed by atoms with Gasteiger partial charge in [-0.25, -0.2) is 0 Å². The Morgan fingerprint density at radius 1 is 1.15 bits per heavy atom. The molecule has 0 aromatic heterocycles. The van der Waals surface area contributed by atoms with Crippen LogP contribution in [0.15, 0.2) is 12.1 Å². The molecule has 0 fully saturated rings. The van der Waals surface area contributed by atoms with E-state index in [1.807, 2.05) is 19.1 Å². The van der Waals surface area contributed by atoms with E-state index < -0.39 is 0 Å². The van der Waals surface area contributed by atoms with Crippen LogP contribution in [0.3, 0.4) is 0 Å². The molecule has 4 heteroatoms. The molecule has 0 aliphatic carbocycles. The predicted molar refractivity (Wildman–Crippen MR) is 67.4 cm³/mol. The molecule has 0 saturated carbocycles. The second-order valence-electron chi connectivity index (χ2n) is 2.43. The zero-order valence-electron chi connectivity index (χ0n) is 7.85. The topological polar surface area (TPSA) is 18.5 Å². The third-order valence-corrected chi connectivity index (χ3v) is 3.02. The van der Waals surface area contributed by atoms with Crippen LogP contribution in [0.5, 0.6) is 11.5 Å². The van der Waals surface area contributed by atoms with Gasteiger partial charge in [0.15, 0.2) is 11.5 Å². The van der Waals surface area contributed by atoms with Gasteiger partial charge in [0.2, 0.25) is 0 Å². The third kappa shape index (κ3) is 2.67. The molecule has 0 unspecified atom stereocenters. The maximum Gasteiger partial charge on any atom is 0.174 e. The highest BCUT2D eigenvalue weighted by molar-refractivity contribution is 14.1. The molecule has 2 nitrogen and oxygen atoms in total. The van der Waals surface area contributed by atoms with Crippen molar-refractivity contribution in [2.24, 2.45) is 0 Å². The van der Waals surface area contributed by atoms with Gasteiger partial charge in [0.1, 0.15) is 0 Å². The van der Waals surface area contributed by atoms with E-state index in [9.17, 15) is 0 Å². The Balaban J connectivity index is 0.00000144. The third-order valence-electron chi connectivity index (χ3n) is 1.68. The molecule has 0 N–H and O–H groups in total. The van der Waals surface area contributed by atoms with Gasteiger partial charge in [-0.2, -0.15) is 13.5 Å². The summed E-state index contributed by atoms with van der Waals surface area (Å²) in [6.45, 7) is 2.05. The van der Waals surface area contributed by atoms with Crippen molar-refractivity contribution in [3.05, 3.63) is 21.3 Å². The zero-order chi connectivity index (χ0) is 9.14. The lowest BCUT2D eigenvalue weighted by Gasteiger charge is -2.10. The molecule has 1 aromatic rings. The molecule has 0 atom stereocenters. The molecule has 0 heterocycles. The molecule has 0 aliphatic heterocycles. The smallest absolute Gasteiger partial charge is 0.174 e. The van der Waals surface area contributed by atoms with Crippen molar-refractivity contribution in [3.63, 3.8) is 0 Å². The van der Waals surface area contributed by atoms with Gasteiger partial charge in [-0.05, 0) is 41.1 Å². The largest absolute Gasteiger partial charge is 0.493 e. The monoisotopic (exact) mass is 312 g/mol. The van der Waals surface area contributed by atoms with Gasteiger partial charge in [0, 0.05) is 0 Å². The van der Waals surface area contributed by atoms with Crippen LogP contribution in [0, 0.1) is 10.5 Å². The molecular weight excluding hydrogens is 299 g/mol. The molecular formula is C9H13IO2S. The summed E-state index contributed by atoms with van der Waals surface area (Å²) in [5.41, 5.74) is 1.20. The minimum absolute atomic E-state index is 0. The lowest BCUT2D eigenvalue weighted by molar-refractivity contribution is 0.352. The van der Waals surface area contributed by atoms with E-state index in [4.69, 9.17) is 9.47 Å². The zero-order valence-corrected chi connectivity index (χ0v) is 11.0. The van der Waals surface area contributed by atoms with Crippen molar-refractivity contribution in [1.82, 2.24) is 0 Å². The average molecular weight is 312 g/mol. The van der Waals surface area contributed by atoms with Crippen LogP contribution in [0.1, 0.15) is 5.56 Å². The number of ether oxygens (including phenoxy) is 2. The highest BCUT2D eigenvalue weighted by Gasteiger charge is 2.08. The van der Waals surface area contributed by atoms with Crippen molar-refractivity contribution in [1.29, 1.82) is 0 Å². The Morgan fingerprint density at radius 3 is 2.23 bits per heavy atom. The number of aryl methyl sites for hydroxylation is 1. The first-order chi connectivity index (χ1) is 5.70. The minimum Gasteiger partial charge on any atom is -0.493 e. The number of benzene rings is 1. The molecule has 0 aliphatic rings. The fourth-order valence-electron chi connectivity index (χ4n) is 0.988. The Kier molecular flexibility index (Phi) is 5.55. The van der Waals surface area contributed by atoms with Gasteiger partial charge in [0.25, 0.3) is 0 Å². The summed E-state index contributed by atoms with van der Waals surface area (Å²) in [5.74, 6) is 1.60. The van der Waals surface area contributed by atoms with E-state index >= 15 is 0 Å². The van der Waals surface area contributed by atoms with Gasteiger partial charge >= 0.3 is 0 Å². The normalized spacial score (nSPS) is 8.92. The summed E-state index contributed by atoms with van der Waals surface area (Å²) in [5, 5.41) is 0. The fourth-order valence-corrected chi connectivity index (χ4v) is 1.65. The maximum atomic E-state index is 5.22. The molecule has 1 rings (SSSR count). The number of rotatable bonds is 2. The van der Waals surface area contributed by atoms with Crippen LogP contribution in [0.4, 0.5) is 0 Å². The second kappa shape index (κ2) is 5.59. The van der Waals surface area contributed by atoms with Crippen LogP contribution >= 0.6 is 36.1 Å². The summed E-state index contributed by atoms with van der Waals surface area (Å²) >= 11 is 2.25. The van der Waals surface area contributed by atoms with Crippen molar-refractivity contribution in [3.8, 4) is 11.5 Å². The molecule has 1 aromatic carbocycles. The predicted octanol–water partition coefficient (Wildman–Crippen LogP) is 2.73. The van der Waals surface area contributed by atoms with E-state index in [1.54, 1.807) is 14.2 Å². The first-order valence-electron chi connectivity index (χ1n) is 3.57.